The minimum Gasteiger partial charge on any atom is -0.387 e. The third kappa shape index (κ3) is 4.50. The van der Waals surface area contributed by atoms with Crippen LogP contribution in [0, 0.1) is 0 Å². The molecule has 0 saturated carbocycles. The Balaban J connectivity index is 0.000000120. The Labute approximate surface area is 73.4 Å². The molecule has 0 bridgehead atoms. The Kier molecular flexibility index (Phi) is 4.69. The number of allylic oxidation sites excluding steroid dienone is 3. The first-order chi connectivity index (χ1) is 6.00. The topological polar surface area (TPSA) is 24.4 Å². The molecule has 1 N–H and O–H groups in total. The standard InChI is InChI=1S/2C5H7N/c2*1-2-4-6-5-3-1/h1-2,4H,3,5H2;1-4,6H,5H2. The highest BCUT2D eigenvalue weighted by Crippen LogP contribution is 1.87. The summed E-state index contributed by atoms with van der Waals surface area (Å²) in [6, 6.07) is 0. The zero-order valence-electron chi connectivity index (χ0n) is 7.11. The fourth-order valence-electron chi connectivity index (χ4n) is 0.848. The lowest BCUT2D eigenvalue weighted by Crippen LogP contribution is -2.05. The van der Waals surface area contributed by atoms with Gasteiger partial charge in [0.25, 0.3) is 0 Å². The maximum atomic E-state index is 3.97. The van der Waals surface area contributed by atoms with E-state index >= 15 is 0 Å². The first-order valence-electron chi connectivity index (χ1n) is 4.20. The number of nitrogens with zero attached hydrogens (tertiary/aromatic N) is 1. The van der Waals surface area contributed by atoms with Gasteiger partial charge >= 0.3 is 0 Å². The number of nitrogens with one attached hydrogen (secondary N) is 1. The van der Waals surface area contributed by atoms with Gasteiger partial charge in [-0.3, -0.25) is 4.99 Å². The highest BCUT2D eigenvalue weighted by molar-refractivity contribution is 5.71. The van der Waals surface area contributed by atoms with Crippen LogP contribution in [0.3, 0.4) is 0 Å². The summed E-state index contributed by atoms with van der Waals surface area (Å²) < 4.78 is 0. The van der Waals surface area contributed by atoms with E-state index in [-0.39, 0.29) is 0 Å². The van der Waals surface area contributed by atoms with Crippen LogP contribution >= 0.6 is 0 Å². The molecule has 0 amide bonds. The van der Waals surface area contributed by atoms with Crippen LogP contribution in [-0.2, 0) is 0 Å². The molecule has 2 nitrogen and oxygen atoms in total. The van der Waals surface area contributed by atoms with Gasteiger partial charge in [-0.2, -0.15) is 0 Å². The van der Waals surface area contributed by atoms with Gasteiger partial charge in [-0.15, -0.1) is 0 Å². The maximum Gasteiger partial charge on any atom is 0.0423 e. The Morgan fingerprint density at radius 3 is 2.25 bits per heavy atom. The van der Waals surface area contributed by atoms with Crippen molar-refractivity contribution in [2.75, 3.05) is 13.1 Å². The van der Waals surface area contributed by atoms with Gasteiger partial charge < -0.3 is 5.32 Å². The third-order valence-corrected chi connectivity index (χ3v) is 1.45. The number of rotatable bonds is 0. The van der Waals surface area contributed by atoms with Gasteiger partial charge in [0.1, 0.15) is 0 Å². The van der Waals surface area contributed by atoms with E-state index in [1.165, 1.54) is 0 Å². The first kappa shape index (κ1) is 8.78. The first-order valence-corrected chi connectivity index (χ1v) is 4.20. The lowest BCUT2D eigenvalue weighted by Gasteiger charge is -1.94. The number of hydrogen-bond acceptors (Lipinski definition) is 2. The average Bonchev–Trinajstić information content (AvgIpc) is 2.24. The van der Waals surface area contributed by atoms with Gasteiger partial charge in [0.15, 0.2) is 0 Å². The van der Waals surface area contributed by atoms with Gasteiger partial charge in [0, 0.05) is 19.3 Å². The Hall–Kier alpha value is -1.31. The van der Waals surface area contributed by atoms with Crippen molar-refractivity contribution in [2.24, 2.45) is 4.99 Å². The smallest absolute Gasteiger partial charge is 0.0423 e. The molecule has 2 aliphatic heterocycles. The zero-order valence-corrected chi connectivity index (χ0v) is 7.11. The second-order valence-corrected chi connectivity index (χ2v) is 2.47. The van der Waals surface area contributed by atoms with E-state index in [0.29, 0.717) is 0 Å². The van der Waals surface area contributed by atoms with Gasteiger partial charge in [-0.1, -0.05) is 18.2 Å². The van der Waals surface area contributed by atoms with Crippen molar-refractivity contribution in [1.29, 1.82) is 0 Å². The summed E-state index contributed by atoms with van der Waals surface area (Å²) in [5.74, 6) is 0. The summed E-state index contributed by atoms with van der Waals surface area (Å²) >= 11 is 0. The van der Waals surface area contributed by atoms with Crippen molar-refractivity contribution in [3.05, 3.63) is 36.6 Å². The summed E-state index contributed by atoms with van der Waals surface area (Å²) in [6.45, 7) is 1.97. The van der Waals surface area contributed by atoms with Crippen molar-refractivity contribution in [3.8, 4) is 0 Å². The van der Waals surface area contributed by atoms with Crippen LogP contribution in [0.2, 0.25) is 0 Å². The third-order valence-electron chi connectivity index (χ3n) is 1.45. The molecule has 2 aliphatic rings. The monoisotopic (exact) mass is 162 g/mol. The van der Waals surface area contributed by atoms with Gasteiger partial charge in [-0.05, 0) is 24.8 Å². The Bertz CT molecular complexity index is 164. The van der Waals surface area contributed by atoms with E-state index < -0.39 is 0 Å². The van der Waals surface area contributed by atoms with Gasteiger partial charge in [0.2, 0.25) is 0 Å². The summed E-state index contributed by atoms with van der Waals surface area (Å²) in [5, 5.41) is 3.02. The fraction of sp³-hybridized carbons (Fsp3) is 0.300. The van der Waals surface area contributed by atoms with Crippen LogP contribution in [0.1, 0.15) is 6.42 Å². The van der Waals surface area contributed by atoms with Crippen LogP contribution in [0.25, 0.3) is 0 Å². The SMILES string of the molecule is C1=CCCN=C1.C1=CCNC=C1. The number of hydrogen-bond donors (Lipinski definition) is 1. The molecule has 0 unspecified atom stereocenters. The molecule has 0 saturated heterocycles. The normalized spacial score (nSPS) is 18.0. The highest BCUT2D eigenvalue weighted by atomic mass is 14.8. The van der Waals surface area contributed by atoms with Gasteiger partial charge in [0.05, 0.1) is 0 Å². The quantitative estimate of drug-likeness (QED) is 0.575. The molecular weight excluding hydrogens is 148 g/mol. The van der Waals surface area contributed by atoms with Crippen molar-refractivity contribution in [2.45, 2.75) is 6.42 Å². The van der Waals surface area contributed by atoms with E-state index in [2.05, 4.69) is 22.5 Å². The molecular formula is C10H14N2. The van der Waals surface area contributed by atoms with E-state index in [1.54, 1.807) is 0 Å². The van der Waals surface area contributed by atoms with Gasteiger partial charge in [-0.25, -0.2) is 0 Å². The van der Waals surface area contributed by atoms with Crippen molar-refractivity contribution < 1.29 is 0 Å². The van der Waals surface area contributed by atoms with E-state index in [4.69, 9.17) is 0 Å². The van der Waals surface area contributed by atoms with Crippen molar-refractivity contribution in [3.63, 3.8) is 0 Å². The molecule has 0 aromatic rings. The number of dihydropyridines is 2. The molecule has 12 heavy (non-hydrogen) atoms. The molecule has 2 heteroatoms. The fourth-order valence-corrected chi connectivity index (χ4v) is 0.848. The lowest BCUT2D eigenvalue weighted by molar-refractivity contribution is 0.972. The zero-order chi connectivity index (χ0) is 8.49. The average molecular weight is 162 g/mol. The minimum absolute atomic E-state index is 0.983. The Morgan fingerprint density at radius 1 is 1.08 bits per heavy atom. The summed E-state index contributed by atoms with van der Waals surface area (Å²) in [7, 11) is 0. The molecule has 0 radical (unpaired) electrons. The molecule has 2 heterocycles. The van der Waals surface area contributed by atoms with Crippen LogP contribution in [-0.4, -0.2) is 19.3 Å². The van der Waals surface area contributed by atoms with Crippen LogP contribution < -0.4 is 5.32 Å². The largest absolute Gasteiger partial charge is 0.387 e. The molecule has 64 valence electrons. The predicted molar refractivity (Wildman–Crippen MR) is 53.4 cm³/mol. The maximum absolute atomic E-state index is 3.97. The molecule has 2 rings (SSSR count). The summed E-state index contributed by atoms with van der Waals surface area (Å²) in [6.07, 6.45) is 15.1. The van der Waals surface area contributed by atoms with Crippen molar-refractivity contribution >= 4 is 6.21 Å². The second kappa shape index (κ2) is 6.40. The van der Waals surface area contributed by atoms with Crippen LogP contribution in [0.15, 0.2) is 41.6 Å². The summed E-state index contributed by atoms with van der Waals surface area (Å²) in [4.78, 5) is 3.97. The summed E-state index contributed by atoms with van der Waals surface area (Å²) in [5.41, 5.74) is 0. The molecule has 0 spiro atoms. The Morgan fingerprint density at radius 2 is 2.08 bits per heavy atom. The minimum atomic E-state index is 0.983. The van der Waals surface area contributed by atoms with Crippen LogP contribution in [0.4, 0.5) is 0 Å². The van der Waals surface area contributed by atoms with Crippen LogP contribution in [0.5, 0.6) is 0 Å². The van der Waals surface area contributed by atoms with E-state index in [0.717, 1.165) is 19.5 Å². The lowest BCUT2D eigenvalue weighted by atomic mass is 10.3. The predicted octanol–water partition coefficient (Wildman–Crippen LogP) is 1.68. The molecule has 0 aromatic carbocycles. The molecule has 0 fully saturated rings. The number of aliphatic imine (C=N–C) groups is 1. The highest BCUT2D eigenvalue weighted by Gasteiger charge is 1.78. The molecule has 0 aromatic heterocycles. The molecule has 0 atom stereocenters. The molecule has 0 aliphatic carbocycles. The van der Waals surface area contributed by atoms with E-state index in [9.17, 15) is 0 Å². The van der Waals surface area contributed by atoms with Crippen molar-refractivity contribution in [1.82, 2.24) is 5.32 Å². The van der Waals surface area contributed by atoms with E-state index in [1.807, 2.05) is 30.6 Å². The second-order valence-electron chi connectivity index (χ2n) is 2.47.